The standard InChI is InChI=1S/C14H15N2O3.BrH/c1-18-13-4-3-11(9-14(13)19-2)12(17)10-16-7-5-15-6-8-16;/h3-9H,10H2,1-2H3;1H/q+1;. The highest BCUT2D eigenvalue weighted by Crippen LogP contribution is 2.27. The van der Waals surface area contributed by atoms with Crippen molar-refractivity contribution < 1.29 is 18.8 Å². The Morgan fingerprint density at radius 1 is 1.15 bits per heavy atom. The minimum absolute atomic E-state index is 0. The van der Waals surface area contributed by atoms with E-state index in [9.17, 15) is 4.79 Å². The molecule has 0 atom stereocenters. The average Bonchev–Trinajstić information content (AvgIpc) is 2.47. The van der Waals surface area contributed by atoms with Crippen LogP contribution in [0.2, 0.25) is 0 Å². The zero-order valence-corrected chi connectivity index (χ0v) is 13.0. The Kier molecular flexibility index (Phi) is 6.11. The van der Waals surface area contributed by atoms with Crippen molar-refractivity contribution in [2.75, 3.05) is 14.2 Å². The van der Waals surface area contributed by atoms with Gasteiger partial charge in [0.2, 0.25) is 12.3 Å². The largest absolute Gasteiger partial charge is 0.493 e. The van der Waals surface area contributed by atoms with E-state index in [0.29, 0.717) is 17.1 Å². The molecule has 0 radical (unpaired) electrons. The smallest absolute Gasteiger partial charge is 0.227 e. The second kappa shape index (κ2) is 7.59. The minimum Gasteiger partial charge on any atom is -0.493 e. The van der Waals surface area contributed by atoms with Crippen LogP contribution in [0.25, 0.3) is 0 Å². The number of hydrogen-bond acceptors (Lipinski definition) is 4. The normalized spacial score (nSPS) is 9.50. The van der Waals surface area contributed by atoms with Crippen LogP contribution in [0, 0.1) is 0 Å². The van der Waals surface area contributed by atoms with Crippen molar-refractivity contribution in [2.45, 2.75) is 6.54 Å². The van der Waals surface area contributed by atoms with Crippen LogP contribution in [0.1, 0.15) is 10.4 Å². The van der Waals surface area contributed by atoms with Gasteiger partial charge in [0.05, 0.1) is 26.6 Å². The number of halogens is 1. The Balaban J connectivity index is 0.00000200. The number of methoxy groups -OCH3 is 2. The van der Waals surface area contributed by atoms with E-state index in [0.717, 1.165) is 0 Å². The lowest BCUT2D eigenvalue weighted by Crippen LogP contribution is -2.37. The first-order chi connectivity index (χ1) is 9.24. The fourth-order valence-corrected chi connectivity index (χ4v) is 1.72. The summed E-state index contributed by atoms with van der Waals surface area (Å²) in [6, 6.07) is 5.14. The van der Waals surface area contributed by atoms with E-state index in [1.807, 2.05) is 0 Å². The third-order valence-corrected chi connectivity index (χ3v) is 2.72. The van der Waals surface area contributed by atoms with Crippen LogP contribution in [0.5, 0.6) is 11.5 Å². The molecular weight excluding hydrogens is 324 g/mol. The molecule has 106 valence electrons. The molecule has 6 heteroatoms. The molecule has 0 unspecified atom stereocenters. The van der Waals surface area contributed by atoms with Crippen LogP contribution in [-0.4, -0.2) is 25.0 Å². The molecule has 0 saturated carbocycles. The van der Waals surface area contributed by atoms with E-state index in [2.05, 4.69) is 4.98 Å². The Hall–Kier alpha value is -1.95. The van der Waals surface area contributed by atoms with Gasteiger partial charge in [0.1, 0.15) is 0 Å². The summed E-state index contributed by atoms with van der Waals surface area (Å²) in [5, 5.41) is 0. The van der Waals surface area contributed by atoms with Crippen molar-refractivity contribution in [3.05, 3.63) is 48.5 Å². The summed E-state index contributed by atoms with van der Waals surface area (Å²) in [7, 11) is 3.11. The van der Waals surface area contributed by atoms with E-state index in [1.165, 1.54) is 0 Å². The highest BCUT2D eigenvalue weighted by Gasteiger charge is 2.14. The predicted molar refractivity (Wildman–Crippen MR) is 78.6 cm³/mol. The molecule has 0 aliphatic carbocycles. The number of carbonyl (C=O) groups excluding carboxylic acids is 1. The van der Waals surface area contributed by atoms with E-state index >= 15 is 0 Å². The first-order valence-electron chi connectivity index (χ1n) is 5.79. The fraction of sp³-hybridized carbons (Fsp3) is 0.214. The van der Waals surface area contributed by atoms with Gasteiger partial charge in [0.15, 0.2) is 23.9 Å². The molecule has 1 heterocycles. The number of rotatable bonds is 5. The number of ketones is 1. The van der Waals surface area contributed by atoms with Gasteiger partial charge in [-0.1, -0.05) is 0 Å². The second-order valence-electron chi connectivity index (χ2n) is 3.91. The number of aromatic nitrogens is 2. The first-order valence-corrected chi connectivity index (χ1v) is 5.79. The molecule has 2 aromatic rings. The highest BCUT2D eigenvalue weighted by atomic mass is 79.9. The molecule has 0 saturated heterocycles. The molecule has 0 aliphatic rings. The van der Waals surface area contributed by atoms with Crippen molar-refractivity contribution in [1.82, 2.24) is 4.98 Å². The van der Waals surface area contributed by atoms with Gasteiger partial charge in [-0.05, 0) is 18.2 Å². The summed E-state index contributed by atoms with van der Waals surface area (Å²) >= 11 is 0. The zero-order chi connectivity index (χ0) is 13.7. The quantitative estimate of drug-likeness (QED) is 0.616. The maximum atomic E-state index is 12.1. The Morgan fingerprint density at radius 2 is 1.80 bits per heavy atom. The monoisotopic (exact) mass is 339 g/mol. The lowest BCUT2D eigenvalue weighted by atomic mass is 10.1. The summed E-state index contributed by atoms with van der Waals surface area (Å²) in [4.78, 5) is 16.1. The van der Waals surface area contributed by atoms with Gasteiger partial charge in [-0.3, -0.25) is 9.78 Å². The lowest BCUT2D eigenvalue weighted by Gasteiger charge is -2.08. The SMILES string of the molecule is Br.COc1ccc(C(=O)C[n+]2ccncc2)cc1OC. The number of benzene rings is 1. The van der Waals surface area contributed by atoms with Crippen LogP contribution in [0.3, 0.4) is 0 Å². The highest BCUT2D eigenvalue weighted by molar-refractivity contribution is 8.93. The zero-order valence-electron chi connectivity index (χ0n) is 11.3. The average molecular weight is 340 g/mol. The third-order valence-electron chi connectivity index (χ3n) is 2.72. The molecule has 1 aromatic heterocycles. The van der Waals surface area contributed by atoms with Crippen LogP contribution in [0.4, 0.5) is 0 Å². The molecule has 2 rings (SSSR count). The molecule has 0 amide bonds. The minimum atomic E-state index is -0.00264. The summed E-state index contributed by atoms with van der Waals surface area (Å²) in [5.41, 5.74) is 0.585. The van der Waals surface area contributed by atoms with Crippen molar-refractivity contribution in [2.24, 2.45) is 0 Å². The number of hydrogen-bond donors (Lipinski definition) is 0. The number of Topliss-reactive ketones (excluding diaryl/α,β-unsaturated/α-hetero) is 1. The van der Waals surface area contributed by atoms with Gasteiger partial charge in [-0.2, -0.15) is 4.57 Å². The molecule has 0 spiro atoms. The van der Waals surface area contributed by atoms with Crippen molar-refractivity contribution in [1.29, 1.82) is 0 Å². The van der Waals surface area contributed by atoms with E-state index < -0.39 is 0 Å². The summed E-state index contributed by atoms with van der Waals surface area (Å²) in [6.45, 7) is 0.262. The molecule has 0 aliphatic heterocycles. The van der Waals surface area contributed by atoms with E-state index in [1.54, 1.807) is 61.8 Å². The molecule has 0 N–H and O–H groups in total. The predicted octanol–water partition coefficient (Wildman–Crippen LogP) is 1.85. The Morgan fingerprint density at radius 3 is 2.40 bits per heavy atom. The number of ether oxygens (including phenoxy) is 2. The number of nitrogens with zero attached hydrogens (tertiary/aromatic N) is 2. The van der Waals surface area contributed by atoms with Gasteiger partial charge in [-0.25, -0.2) is 0 Å². The molecular formula is C14H16BrN2O3+. The van der Waals surface area contributed by atoms with Gasteiger partial charge in [0, 0.05) is 5.56 Å². The Bertz CT molecular complexity index is 576. The molecule has 1 aromatic carbocycles. The van der Waals surface area contributed by atoms with E-state index in [-0.39, 0.29) is 29.3 Å². The molecule has 20 heavy (non-hydrogen) atoms. The maximum Gasteiger partial charge on any atom is 0.227 e. The van der Waals surface area contributed by atoms with Crippen molar-refractivity contribution in [3.8, 4) is 11.5 Å². The van der Waals surface area contributed by atoms with Crippen molar-refractivity contribution >= 4 is 22.8 Å². The summed E-state index contributed by atoms with van der Waals surface area (Å²) in [5.74, 6) is 1.15. The fourth-order valence-electron chi connectivity index (χ4n) is 1.72. The molecule has 0 fully saturated rings. The van der Waals surface area contributed by atoms with Crippen LogP contribution < -0.4 is 14.0 Å². The number of carbonyl (C=O) groups is 1. The van der Waals surface area contributed by atoms with Crippen LogP contribution >= 0.6 is 17.0 Å². The third kappa shape index (κ3) is 3.77. The maximum absolute atomic E-state index is 12.1. The Labute approximate surface area is 127 Å². The second-order valence-corrected chi connectivity index (χ2v) is 3.91. The van der Waals surface area contributed by atoms with Crippen LogP contribution in [-0.2, 0) is 6.54 Å². The van der Waals surface area contributed by atoms with E-state index in [4.69, 9.17) is 9.47 Å². The first kappa shape index (κ1) is 16.1. The topological polar surface area (TPSA) is 52.3 Å². The van der Waals surface area contributed by atoms with Gasteiger partial charge in [0.25, 0.3) is 0 Å². The summed E-state index contributed by atoms with van der Waals surface area (Å²) in [6.07, 6.45) is 6.78. The van der Waals surface area contributed by atoms with Crippen molar-refractivity contribution in [3.63, 3.8) is 0 Å². The molecule has 0 bridgehead atoms. The molecule has 5 nitrogen and oxygen atoms in total. The summed E-state index contributed by atoms with van der Waals surface area (Å²) < 4.78 is 12.1. The van der Waals surface area contributed by atoms with Gasteiger partial charge >= 0.3 is 0 Å². The lowest BCUT2D eigenvalue weighted by molar-refractivity contribution is -0.683. The van der Waals surface area contributed by atoms with Gasteiger partial charge < -0.3 is 9.47 Å². The van der Waals surface area contributed by atoms with Crippen LogP contribution in [0.15, 0.2) is 43.0 Å². The van der Waals surface area contributed by atoms with Gasteiger partial charge in [-0.15, -0.1) is 17.0 Å².